The van der Waals surface area contributed by atoms with Crippen LogP contribution in [-0.2, 0) is 0 Å². The van der Waals surface area contributed by atoms with Gasteiger partial charge in [-0.15, -0.1) is 0 Å². The van der Waals surface area contributed by atoms with Gasteiger partial charge in [-0.3, -0.25) is 9.36 Å². The molecule has 1 heterocycles. The molecule has 0 bridgehead atoms. The Balaban J connectivity index is 1.75. The molecular weight excluding hydrogens is 358 g/mol. The summed E-state index contributed by atoms with van der Waals surface area (Å²) in [5.41, 5.74) is 6.37. The molecule has 152 valence electrons. The lowest BCUT2D eigenvalue weighted by Gasteiger charge is -2.15. The molecule has 2 aromatic carbocycles. The van der Waals surface area contributed by atoms with E-state index >= 15 is 0 Å². The number of nitrogens with zero attached hydrogens (tertiary/aromatic N) is 2. The molecule has 1 atom stereocenters. The highest BCUT2D eigenvalue weighted by Gasteiger charge is 2.15. The maximum atomic E-state index is 12.7. The van der Waals surface area contributed by atoms with Crippen LogP contribution in [-0.4, -0.2) is 21.5 Å². The number of aryl methyl sites for hydroxylation is 2. The minimum Gasteiger partial charge on any atom is -0.348 e. The summed E-state index contributed by atoms with van der Waals surface area (Å²) in [7, 11) is 0. The largest absolute Gasteiger partial charge is 0.348 e. The predicted molar refractivity (Wildman–Crippen MR) is 120 cm³/mol. The van der Waals surface area contributed by atoms with Crippen molar-refractivity contribution in [1.29, 1.82) is 0 Å². The Hall–Kier alpha value is -2.88. The van der Waals surface area contributed by atoms with Gasteiger partial charge in [-0.25, -0.2) is 4.98 Å². The quantitative estimate of drug-likeness (QED) is 0.491. The predicted octanol–water partition coefficient (Wildman–Crippen LogP) is 5.85. The highest BCUT2D eigenvalue weighted by molar-refractivity contribution is 5.93. The Morgan fingerprint density at radius 2 is 1.72 bits per heavy atom. The average Bonchev–Trinajstić information content (AvgIpc) is 3.17. The smallest absolute Gasteiger partial charge is 0.270 e. The van der Waals surface area contributed by atoms with Gasteiger partial charge in [0, 0.05) is 11.7 Å². The van der Waals surface area contributed by atoms with Crippen LogP contribution in [0.4, 0.5) is 0 Å². The summed E-state index contributed by atoms with van der Waals surface area (Å²) in [6.45, 7) is 8.48. The van der Waals surface area contributed by atoms with E-state index in [2.05, 4.69) is 68.3 Å². The molecule has 0 spiro atoms. The van der Waals surface area contributed by atoms with Crippen LogP contribution < -0.4 is 5.32 Å². The van der Waals surface area contributed by atoms with Crippen LogP contribution in [0.25, 0.3) is 16.8 Å². The first-order valence-corrected chi connectivity index (χ1v) is 10.5. The number of unbranched alkanes of at least 4 members (excludes halogenated alkanes) is 2. The van der Waals surface area contributed by atoms with Crippen LogP contribution >= 0.6 is 0 Å². The first kappa shape index (κ1) is 20.8. The summed E-state index contributed by atoms with van der Waals surface area (Å²) in [5.74, 6) is -0.0788. The van der Waals surface area contributed by atoms with Crippen LogP contribution in [0.2, 0.25) is 0 Å². The normalized spacial score (nSPS) is 12.0. The number of carbonyl (C=O) groups excluding carboxylic acids is 1. The Morgan fingerprint density at radius 1 is 1.03 bits per heavy atom. The molecule has 1 amide bonds. The molecule has 3 rings (SSSR count). The van der Waals surface area contributed by atoms with E-state index in [-0.39, 0.29) is 11.9 Å². The zero-order valence-electron chi connectivity index (χ0n) is 17.9. The minimum atomic E-state index is -0.0788. The van der Waals surface area contributed by atoms with Crippen molar-refractivity contribution in [3.8, 4) is 16.8 Å². The Labute approximate surface area is 174 Å². The summed E-state index contributed by atoms with van der Waals surface area (Å²) in [6.07, 6.45) is 7.85. The number of hydrogen-bond acceptors (Lipinski definition) is 2. The second kappa shape index (κ2) is 9.55. The van der Waals surface area contributed by atoms with Gasteiger partial charge in [0.25, 0.3) is 5.91 Å². The van der Waals surface area contributed by atoms with E-state index in [1.807, 2.05) is 16.7 Å². The van der Waals surface area contributed by atoms with Crippen LogP contribution in [0, 0.1) is 13.8 Å². The lowest BCUT2D eigenvalue weighted by Crippen LogP contribution is -2.33. The molecule has 4 heteroatoms. The van der Waals surface area contributed by atoms with Crippen LogP contribution in [0.1, 0.15) is 61.1 Å². The van der Waals surface area contributed by atoms with Crippen molar-refractivity contribution in [2.75, 3.05) is 0 Å². The minimum absolute atomic E-state index is 0.0788. The number of nitrogens with one attached hydrogen (secondary N) is 1. The first-order valence-electron chi connectivity index (χ1n) is 10.5. The number of benzene rings is 2. The summed E-state index contributed by atoms with van der Waals surface area (Å²) in [6, 6.07) is 15.0. The fraction of sp³-hybridized carbons (Fsp3) is 0.360. The standard InChI is InChI=1S/C25H31N3O/c1-5-6-7-8-20(4)27-25(29)24-16-26-17-28(24)23-11-9-21(10-12-23)22-14-18(2)13-19(3)15-22/h9-17,20H,5-8H2,1-4H3,(H,27,29)/t20-/m1/s1. The zero-order valence-corrected chi connectivity index (χ0v) is 17.9. The van der Waals surface area contributed by atoms with Gasteiger partial charge in [0.2, 0.25) is 0 Å². The van der Waals surface area contributed by atoms with Gasteiger partial charge in [-0.1, -0.05) is 67.6 Å². The molecule has 0 unspecified atom stereocenters. The zero-order chi connectivity index (χ0) is 20.8. The van der Waals surface area contributed by atoms with E-state index < -0.39 is 0 Å². The number of aromatic nitrogens is 2. The monoisotopic (exact) mass is 389 g/mol. The van der Waals surface area contributed by atoms with Gasteiger partial charge in [-0.2, -0.15) is 0 Å². The van der Waals surface area contributed by atoms with Gasteiger partial charge < -0.3 is 5.32 Å². The Morgan fingerprint density at radius 3 is 2.38 bits per heavy atom. The molecule has 0 saturated carbocycles. The molecule has 1 aromatic heterocycles. The van der Waals surface area contributed by atoms with E-state index in [4.69, 9.17) is 0 Å². The van der Waals surface area contributed by atoms with E-state index in [1.165, 1.54) is 29.5 Å². The molecule has 29 heavy (non-hydrogen) atoms. The molecule has 0 fully saturated rings. The maximum Gasteiger partial charge on any atom is 0.270 e. The van der Waals surface area contributed by atoms with Crippen LogP contribution in [0.5, 0.6) is 0 Å². The summed E-state index contributed by atoms with van der Waals surface area (Å²) in [5, 5.41) is 3.10. The molecule has 3 aromatic rings. The SMILES string of the molecule is CCCCC[C@@H](C)NC(=O)c1cncn1-c1ccc(-c2cc(C)cc(C)c2)cc1. The number of carbonyl (C=O) groups is 1. The van der Waals surface area contributed by atoms with Gasteiger partial charge in [0.1, 0.15) is 5.69 Å². The second-order valence-corrected chi connectivity index (χ2v) is 7.94. The van der Waals surface area contributed by atoms with E-state index in [1.54, 1.807) is 12.5 Å². The third-order valence-corrected chi connectivity index (χ3v) is 5.19. The molecule has 0 aliphatic carbocycles. The molecule has 0 radical (unpaired) electrons. The Bertz CT molecular complexity index is 936. The average molecular weight is 390 g/mol. The number of hydrogen-bond donors (Lipinski definition) is 1. The van der Waals surface area contributed by atoms with Crippen molar-refractivity contribution in [1.82, 2.24) is 14.9 Å². The lowest BCUT2D eigenvalue weighted by molar-refractivity contribution is 0.0931. The summed E-state index contributed by atoms with van der Waals surface area (Å²) in [4.78, 5) is 16.9. The van der Waals surface area contributed by atoms with Crippen molar-refractivity contribution in [2.45, 2.75) is 59.4 Å². The topological polar surface area (TPSA) is 46.9 Å². The van der Waals surface area contributed by atoms with E-state index in [0.717, 1.165) is 24.1 Å². The summed E-state index contributed by atoms with van der Waals surface area (Å²) < 4.78 is 1.85. The first-order chi connectivity index (χ1) is 14.0. The van der Waals surface area contributed by atoms with Crippen molar-refractivity contribution < 1.29 is 4.79 Å². The van der Waals surface area contributed by atoms with Crippen molar-refractivity contribution in [3.05, 3.63) is 71.8 Å². The number of rotatable bonds is 8. The highest BCUT2D eigenvalue weighted by atomic mass is 16.2. The molecule has 0 aliphatic heterocycles. The van der Waals surface area contributed by atoms with E-state index in [9.17, 15) is 4.79 Å². The van der Waals surface area contributed by atoms with E-state index in [0.29, 0.717) is 5.69 Å². The fourth-order valence-electron chi connectivity index (χ4n) is 3.70. The number of imidazole rings is 1. The molecule has 4 nitrogen and oxygen atoms in total. The second-order valence-electron chi connectivity index (χ2n) is 7.94. The highest BCUT2D eigenvalue weighted by Crippen LogP contribution is 2.24. The molecular formula is C25H31N3O. The lowest BCUT2D eigenvalue weighted by atomic mass is 10.0. The molecule has 0 saturated heterocycles. The molecule has 1 N–H and O–H groups in total. The van der Waals surface area contributed by atoms with Gasteiger partial charge in [0.05, 0.1) is 12.5 Å². The van der Waals surface area contributed by atoms with Crippen molar-refractivity contribution in [2.24, 2.45) is 0 Å². The third kappa shape index (κ3) is 5.35. The van der Waals surface area contributed by atoms with Gasteiger partial charge in [-0.05, 0) is 50.5 Å². The van der Waals surface area contributed by atoms with Crippen LogP contribution in [0.3, 0.4) is 0 Å². The van der Waals surface area contributed by atoms with Crippen molar-refractivity contribution in [3.63, 3.8) is 0 Å². The molecule has 0 aliphatic rings. The summed E-state index contributed by atoms with van der Waals surface area (Å²) >= 11 is 0. The van der Waals surface area contributed by atoms with Crippen molar-refractivity contribution >= 4 is 5.91 Å². The Kier molecular flexibility index (Phi) is 6.86. The number of amides is 1. The third-order valence-electron chi connectivity index (χ3n) is 5.19. The van der Waals surface area contributed by atoms with Gasteiger partial charge >= 0.3 is 0 Å². The maximum absolute atomic E-state index is 12.7. The van der Waals surface area contributed by atoms with Crippen LogP contribution in [0.15, 0.2) is 55.0 Å². The van der Waals surface area contributed by atoms with Gasteiger partial charge in [0.15, 0.2) is 0 Å². The fourth-order valence-corrected chi connectivity index (χ4v) is 3.70.